The maximum absolute atomic E-state index is 11.1. The standard InChI is InChI=1S/C11H11NO2.C2H6/c1-6-3-8-9(4-7(6)2)12-11(14)5-10(8)13;1-2/h3-5H,1-2H3,(H2,12,13,14);1-2H3. The van der Waals surface area contributed by atoms with E-state index < -0.39 is 0 Å². The molecule has 0 atom stereocenters. The first-order chi connectivity index (χ1) is 7.58. The van der Waals surface area contributed by atoms with Crippen molar-refractivity contribution in [1.29, 1.82) is 0 Å². The van der Waals surface area contributed by atoms with E-state index in [-0.39, 0.29) is 11.3 Å². The third kappa shape index (κ3) is 2.24. The molecule has 0 spiro atoms. The highest BCUT2D eigenvalue weighted by Gasteiger charge is 2.03. The fourth-order valence-electron chi connectivity index (χ4n) is 1.50. The van der Waals surface area contributed by atoms with Gasteiger partial charge in [0.15, 0.2) is 0 Å². The molecule has 0 bridgehead atoms. The fourth-order valence-corrected chi connectivity index (χ4v) is 1.50. The number of aromatic nitrogens is 1. The minimum Gasteiger partial charge on any atom is -0.507 e. The summed E-state index contributed by atoms with van der Waals surface area (Å²) in [5.74, 6) is 0.0341. The first kappa shape index (κ1) is 12.3. The molecule has 3 heteroatoms. The van der Waals surface area contributed by atoms with Crippen molar-refractivity contribution >= 4 is 10.9 Å². The summed E-state index contributed by atoms with van der Waals surface area (Å²) in [5.41, 5.74) is 2.59. The van der Waals surface area contributed by atoms with Gasteiger partial charge in [-0.2, -0.15) is 0 Å². The van der Waals surface area contributed by atoms with Crippen LogP contribution in [-0.4, -0.2) is 10.1 Å². The monoisotopic (exact) mass is 219 g/mol. The van der Waals surface area contributed by atoms with E-state index in [2.05, 4.69) is 4.98 Å². The topological polar surface area (TPSA) is 53.1 Å². The molecule has 0 aliphatic heterocycles. The number of hydrogen-bond donors (Lipinski definition) is 2. The molecular weight excluding hydrogens is 202 g/mol. The summed E-state index contributed by atoms with van der Waals surface area (Å²) in [5, 5.41) is 10.2. The zero-order valence-electron chi connectivity index (χ0n) is 10.1. The van der Waals surface area contributed by atoms with Gasteiger partial charge >= 0.3 is 0 Å². The normalized spacial score (nSPS) is 9.75. The van der Waals surface area contributed by atoms with Gasteiger partial charge in [-0.1, -0.05) is 13.8 Å². The molecule has 1 aromatic carbocycles. The average Bonchev–Trinajstić information content (AvgIpc) is 2.24. The van der Waals surface area contributed by atoms with Crippen molar-refractivity contribution in [3.8, 4) is 5.75 Å². The molecule has 16 heavy (non-hydrogen) atoms. The van der Waals surface area contributed by atoms with Crippen LogP contribution in [0.15, 0.2) is 23.0 Å². The minimum absolute atomic E-state index is 0.0341. The molecule has 2 N–H and O–H groups in total. The van der Waals surface area contributed by atoms with Gasteiger partial charge in [-0.3, -0.25) is 4.79 Å². The molecule has 0 amide bonds. The third-order valence-corrected chi connectivity index (χ3v) is 2.44. The molecule has 0 aliphatic rings. The Balaban J connectivity index is 0.000000606. The van der Waals surface area contributed by atoms with Gasteiger partial charge in [0.2, 0.25) is 0 Å². The Kier molecular flexibility index (Phi) is 3.72. The number of hydrogen-bond acceptors (Lipinski definition) is 2. The number of pyridine rings is 1. The lowest BCUT2D eigenvalue weighted by atomic mass is 10.1. The molecule has 2 rings (SSSR count). The second kappa shape index (κ2) is 4.84. The van der Waals surface area contributed by atoms with Crippen LogP contribution in [0.4, 0.5) is 0 Å². The quantitative estimate of drug-likeness (QED) is 0.715. The molecule has 1 aromatic heterocycles. The number of rotatable bonds is 0. The van der Waals surface area contributed by atoms with Gasteiger partial charge in [0.05, 0.1) is 5.52 Å². The smallest absolute Gasteiger partial charge is 0.252 e. The van der Waals surface area contributed by atoms with Crippen molar-refractivity contribution in [2.24, 2.45) is 0 Å². The highest BCUT2D eigenvalue weighted by Crippen LogP contribution is 2.23. The lowest BCUT2D eigenvalue weighted by Gasteiger charge is -2.04. The van der Waals surface area contributed by atoms with Crippen LogP contribution in [0.3, 0.4) is 0 Å². The van der Waals surface area contributed by atoms with E-state index in [0.717, 1.165) is 11.1 Å². The minimum atomic E-state index is -0.279. The first-order valence-electron chi connectivity index (χ1n) is 5.41. The van der Waals surface area contributed by atoms with Crippen LogP contribution < -0.4 is 5.56 Å². The Bertz CT molecular complexity index is 556. The Morgan fingerprint density at radius 2 is 1.62 bits per heavy atom. The van der Waals surface area contributed by atoms with Crippen LogP contribution in [0.25, 0.3) is 10.9 Å². The molecule has 0 saturated carbocycles. The van der Waals surface area contributed by atoms with Crippen molar-refractivity contribution in [2.45, 2.75) is 27.7 Å². The molecule has 0 saturated heterocycles. The predicted octanol–water partition coefficient (Wildman–Crippen LogP) is 2.88. The fraction of sp³-hybridized carbons (Fsp3) is 0.308. The second-order valence-corrected chi connectivity index (χ2v) is 3.50. The number of aryl methyl sites for hydroxylation is 2. The average molecular weight is 219 g/mol. The van der Waals surface area contributed by atoms with Crippen molar-refractivity contribution in [2.75, 3.05) is 0 Å². The van der Waals surface area contributed by atoms with Gasteiger partial charge in [0.25, 0.3) is 5.56 Å². The molecule has 0 fully saturated rings. The summed E-state index contributed by atoms with van der Waals surface area (Å²) in [6.07, 6.45) is 0. The summed E-state index contributed by atoms with van der Waals surface area (Å²) < 4.78 is 0. The lowest BCUT2D eigenvalue weighted by Crippen LogP contribution is -2.03. The molecule has 86 valence electrons. The third-order valence-electron chi connectivity index (χ3n) is 2.44. The van der Waals surface area contributed by atoms with Crippen molar-refractivity contribution in [3.63, 3.8) is 0 Å². The van der Waals surface area contributed by atoms with Crippen LogP contribution >= 0.6 is 0 Å². The van der Waals surface area contributed by atoms with E-state index in [1.54, 1.807) is 0 Å². The van der Waals surface area contributed by atoms with Gasteiger partial charge in [-0.25, -0.2) is 0 Å². The van der Waals surface area contributed by atoms with Crippen LogP contribution in [0, 0.1) is 13.8 Å². The van der Waals surface area contributed by atoms with Crippen LogP contribution in [-0.2, 0) is 0 Å². The highest BCUT2D eigenvalue weighted by molar-refractivity contribution is 5.85. The van der Waals surface area contributed by atoms with Gasteiger partial charge in [-0.05, 0) is 37.1 Å². The zero-order valence-corrected chi connectivity index (χ0v) is 10.1. The number of H-pyrrole nitrogens is 1. The van der Waals surface area contributed by atoms with E-state index in [4.69, 9.17) is 0 Å². The Morgan fingerprint density at radius 3 is 2.25 bits per heavy atom. The molecule has 1 heterocycles. The Morgan fingerprint density at radius 1 is 1.06 bits per heavy atom. The summed E-state index contributed by atoms with van der Waals surface area (Å²) in [6.45, 7) is 7.94. The summed E-state index contributed by atoms with van der Waals surface area (Å²) in [6, 6.07) is 4.93. The number of aromatic amines is 1. The summed E-state index contributed by atoms with van der Waals surface area (Å²) >= 11 is 0. The van der Waals surface area contributed by atoms with E-state index in [1.807, 2.05) is 39.8 Å². The number of aromatic hydroxyl groups is 1. The van der Waals surface area contributed by atoms with E-state index in [1.165, 1.54) is 6.07 Å². The van der Waals surface area contributed by atoms with E-state index >= 15 is 0 Å². The van der Waals surface area contributed by atoms with Crippen molar-refractivity contribution < 1.29 is 5.11 Å². The summed E-state index contributed by atoms with van der Waals surface area (Å²) in [4.78, 5) is 13.8. The number of fused-ring (bicyclic) bond motifs is 1. The van der Waals surface area contributed by atoms with E-state index in [9.17, 15) is 9.90 Å². The predicted molar refractivity (Wildman–Crippen MR) is 67.1 cm³/mol. The Hall–Kier alpha value is -1.77. The van der Waals surface area contributed by atoms with Crippen LogP contribution in [0.5, 0.6) is 5.75 Å². The van der Waals surface area contributed by atoms with Crippen molar-refractivity contribution in [3.05, 3.63) is 39.7 Å². The first-order valence-corrected chi connectivity index (χ1v) is 5.41. The lowest BCUT2D eigenvalue weighted by molar-refractivity contribution is 0.480. The SMILES string of the molecule is CC.Cc1cc2[nH]c(=O)cc(O)c2cc1C. The molecule has 0 radical (unpaired) electrons. The molecule has 0 aliphatic carbocycles. The van der Waals surface area contributed by atoms with E-state index in [0.29, 0.717) is 10.9 Å². The molecule has 0 unspecified atom stereocenters. The second-order valence-electron chi connectivity index (χ2n) is 3.50. The maximum Gasteiger partial charge on any atom is 0.252 e. The van der Waals surface area contributed by atoms with Gasteiger partial charge in [-0.15, -0.1) is 0 Å². The number of nitrogens with one attached hydrogen (secondary N) is 1. The van der Waals surface area contributed by atoms with Gasteiger partial charge < -0.3 is 10.1 Å². The zero-order chi connectivity index (χ0) is 12.3. The summed E-state index contributed by atoms with van der Waals surface area (Å²) in [7, 11) is 0. The molecule has 3 nitrogen and oxygen atoms in total. The van der Waals surface area contributed by atoms with Crippen LogP contribution in [0.1, 0.15) is 25.0 Å². The molecular formula is C13H17NO2. The highest BCUT2D eigenvalue weighted by atomic mass is 16.3. The van der Waals surface area contributed by atoms with Crippen molar-refractivity contribution in [1.82, 2.24) is 4.98 Å². The van der Waals surface area contributed by atoms with Gasteiger partial charge in [0, 0.05) is 11.5 Å². The molecule has 2 aromatic rings. The van der Waals surface area contributed by atoms with Gasteiger partial charge in [0.1, 0.15) is 5.75 Å². The van der Waals surface area contributed by atoms with Crippen LogP contribution in [0.2, 0.25) is 0 Å². The maximum atomic E-state index is 11.1. The Labute approximate surface area is 94.8 Å². The number of benzene rings is 1. The largest absolute Gasteiger partial charge is 0.507 e.